The Morgan fingerprint density at radius 2 is 2.00 bits per heavy atom. The van der Waals surface area contributed by atoms with Gasteiger partial charge in [-0.15, -0.1) is 0 Å². The quantitative estimate of drug-likeness (QED) is 0.491. The summed E-state index contributed by atoms with van der Waals surface area (Å²) in [4.78, 5) is 25.6. The number of nitrogens with two attached hydrogens (primary N) is 1. The number of nitrogens with zero attached hydrogens (tertiary/aromatic N) is 1. The summed E-state index contributed by atoms with van der Waals surface area (Å²) in [5.41, 5.74) is 6.62. The van der Waals surface area contributed by atoms with Gasteiger partial charge in [-0.25, -0.2) is 4.79 Å². The Balaban J connectivity index is 2.30. The van der Waals surface area contributed by atoms with E-state index in [0.717, 1.165) is 11.1 Å². The number of likely N-dealkylation sites (tertiary alicyclic amines) is 1. The molecule has 0 aliphatic carbocycles. The number of β-lactam (4-membered cyclic amide) rings is 1. The van der Waals surface area contributed by atoms with Gasteiger partial charge in [-0.05, 0) is 38.0 Å². The number of benzene rings is 1. The van der Waals surface area contributed by atoms with Crippen LogP contribution in [0.1, 0.15) is 31.9 Å². The van der Waals surface area contributed by atoms with Crippen LogP contribution in [0.15, 0.2) is 30.0 Å². The molecular formula is C17H22N2O4. The summed E-state index contributed by atoms with van der Waals surface area (Å²) >= 11 is 0. The topological polar surface area (TPSA) is 92.9 Å². The molecule has 1 fully saturated rings. The molecule has 124 valence electrons. The maximum Gasteiger partial charge on any atom is 0.355 e. The zero-order valence-electron chi connectivity index (χ0n) is 13.6. The molecule has 1 atom stereocenters. The van der Waals surface area contributed by atoms with Crippen molar-refractivity contribution in [2.45, 2.75) is 39.0 Å². The van der Waals surface area contributed by atoms with Crippen molar-refractivity contribution in [3.05, 3.63) is 41.1 Å². The Morgan fingerprint density at radius 3 is 2.43 bits per heavy atom. The summed E-state index contributed by atoms with van der Waals surface area (Å²) in [6.45, 7) is 5.54. The largest absolute Gasteiger partial charge is 0.455 e. The van der Waals surface area contributed by atoms with Gasteiger partial charge in [0.2, 0.25) is 5.91 Å². The van der Waals surface area contributed by atoms with Crippen LogP contribution in [0.2, 0.25) is 0 Å². The molecule has 1 saturated heterocycles. The van der Waals surface area contributed by atoms with Gasteiger partial charge in [-0.1, -0.05) is 24.3 Å². The molecule has 1 heterocycles. The Morgan fingerprint density at radius 1 is 1.39 bits per heavy atom. The first-order chi connectivity index (χ1) is 10.7. The first-order valence-electron chi connectivity index (χ1n) is 7.43. The van der Waals surface area contributed by atoms with Crippen LogP contribution in [0.5, 0.6) is 0 Å². The lowest BCUT2D eigenvalue weighted by Gasteiger charge is -2.37. The number of amides is 1. The second-order valence-corrected chi connectivity index (χ2v) is 6.49. The molecular weight excluding hydrogens is 296 g/mol. The summed E-state index contributed by atoms with van der Waals surface area (Å²) in [5.74, 6) is -0.863. The molecule has 1 aromatic carbocycles. The van der Waals surface area contributed by atoms with E-state index in [-0.39, 0.29) is 18.2 Å². The highest BCUT2D eigenvalue weighted by Gasteiger charge is 2.39. The third-order valence-corrected chi connectivity index (χ3v) is 3.33. The Hall–Kier alpha value is -2.18. The van der Waals surface area contributed by atoms with Crippen LogP contribution in [0.3, 0.4) is 0 Å². The van der Waals surface area contributed by atoms with Gasteiger partial charge in [0.25, 0.3) is 0 Å². The highest BCUT2D eigenvalue weighted by atomic mass is 16.6. The highest BCUT2D eigenvalue weighted by molar-refractivity contribution is 6.01. The normalized spacial score (nSPS) is 18.7. The van der Waals surface area contributed by atoms with Gasteiger partial charge < -0.3 is 20.5 Å². The molecule has 1 aromatic rings. The minimum Gasteiger partial charge on any atom is -0.455 e. The molecule has 6 nitrogen and oxygen atoms in total. The Bertz CT molecular complexity index is 629. The van der Waals surface area contributed by atoms with Crippen molar-refractivity contribution in [3.8, 4) is 0 Å². The standard InChI is InChI=1S/C17H22N2O4/c1-17(2,3)23-16(22)14(19-9-13(18)15(19)21)8-11-4-6-12(10-20)7-5-11/h4-8,13,20H,9-10,18H2,1-3H3/b14-8+/t13-/m0/s1. The van der Waals surface area contributed by atoms with Gasteiger partial charge in [0, 0.05) is 0 Å². The zero-order valence-corrected chi connectivity index (χ0v) is 13.6. The lowest BCUT2D eigenvalue weighted by molar-refractivity contribution is -0.156. The van der Waals surface area contributed by atoms with E-state index >= 15 is 0 Å². The van der Waals surface area contributed by atoms with E-state index in [0.29, 0.717) is 6.54 Å². The number of esters is 1. The van der Waals surface area contributed by atoms with Crippen molar-refractivity contribution in [1.82, 2.24) is 4.90 Å². The molecule has 3 N–H and O–H groups in total. The van der Waals surface area contributed by atoms with Crippen molar-refractivity contribution < 1.29 is 19.4 Å². The summed E-state index contributed by atoms with van der Waals surface area (Å²) < 4.78 is 5.38. The molecule has 2 rings (SSSR count). The molecule has 6 heteroatoms. The number of aliphatic hydroxyl groups is 1. The third-order valence-electron chi connectivity index (χ3n) is 3.33. The van der Waals surface area contributed by atoms with Crippen molar-refractivity contribution in [2.24, 2.45) is 5.73 Å². The van der Waals surface area contributed by atoms with Gasteiger partial charge in [0.15, 0.2) is 0 Å². The van der Waals surface area contributed by atoms with Gasteiger partial charge in [0.05, 0.1) is 13.2 Å². The van der Waals surface area contributed by atoms with Crippen LogP contribution in [0, 0.1) is 0 Å². The molecule has 0 aromatic heterocycles. The van der Waals surface area contributed by atoms with E-state index in [2.05, 4.69) is 0 Å². The van der Waals surface area contributed by atoms with E-state index in [9.17, 15) is 9.59 Å². The summed E-state index contributed by atoms with van der Waals surface area (Å²) in [6, 6.07) is 6.46. The number of carbonyl (C=O) groups is 2. The van der Waals surface area contributed by atoms with Crippen molar-refractivity contribution >= 4 is 18.0 Å². The van der Waals surface area contributed by atoms with Crippen LogP contribution in [0.4, 0.5) is 0 Å². The Labute approximate surface area is 135 Å². The molecule has 1 aliphatic rings. The SMILES string of the molecule is CC(C)(C)OC(=O)/C(=C\c1ccc(CO)cc1)N1C[C@H](N)C1=O. The molecule has 0 unspecified atom stereocenters. The number of rotatable bonds is 4. The maximum atomic E-state index is 12.4. The zero-order chi connectivity index (χ0) is 17.2. The fourth-order valence-electron chi connectivity index (χ4n) is 2.12. The highest BCUT2D eigenvalue weighted by Crippen LogP contribution is 2.22. The lowest BCUT2D eigenvalue weighted by atomic mass is 10.1. The molecule has 1 amide bonds. The van der Waals surface area contributed by atoms with E-state index in [1.54, 1.807) is 51.1 Å². The summed E-state index contributed by atoms with van der Waals surface area (Å²) in [5, 5.41) is 9.07. The van der Waals surface area contributed by atoms with Crippen LogP contribution in [-0.2, 0) is 20.9 Å². The number of carbonyl (C=O) groups excluding carboxylic acids is 2. The molecule has 23 heavy (non-hydrogen) atoms. The first-order valence-corrected chi connectivity index (χ1v) is 7.43. The maximum absolute atomic E-state index is 12.4. The van der Waals surface area contributed by atoms with Gasteiger partial charge >= 0.3 is 5.97 Å². The number of aliphatic hydroxyl groups excluding tert-OH is 1. The Kier molecular flexibility index (Phi) is 4.87. The minimum atomic E-state index is -0.660. The fraction of sp³-hybridized carbons (Fsp3) is 0.412. The summed E-state index contributed by atoms with van der Waals surface area (Å²) in [7, 11) is 0. The number of ether oxygens (including phenoxy) is 1. The van der Waals surface area contributed by atoms with E-state index in [4.69, 9.17) is 15.6 Å². The van der Waals surface area contributed by atoms with Gasteiger partial charge in [-0.3, -0.25) is 4.79 Å². The van der Waals surface area contributed by atoms with E-state index in [1.165, 1.54) is 4.90 Å². The second kappa shape index (κ2) is 6.52. The van der Waals surface area contributed by atoms with Crippen LogP contribution < -0.4 is 5.73 Å². The van der Waals surface area contributed by atoms with Crippen LogP contribution in [-0.4, -0.2) is 40.1 Å². The average molecular weight is 318 g/mol. The summed E-state index contributed by atoms with van der Waals surface area (Å²) in [6.07, 6.45) is 1.60. The molecule has 0 spiro atoms. The van der Waals surface area contributed by atoms with Gasteiger partial charge in [-0.2, -0.15) is 0 Å². The monoisotopic (exact) mass is 318 g/mol. The molecule has 0 bridgehead atoms. The van der Waals surface area contributed by atoms with Crippen molar-refractivity contribution in [2.75, 3.05) is 6.54 Å². The van der Waals surface area contributed by atoms with Crippen molar-refractivity contribution in [1.29, 1.82) is 0 Å². The average Bonchev–Trinajstić information content (AvgIpc) is 2.49. The fourth-order valence-corrected chi connectivity index (χ4v) is 2.12. The smallest absolute Gasteiger partial charge is 0.355 e. The minimum absolute atomic E-state index is 0.0532. The number of hydrogen-bond donors (Lipinski definition) is 2. The number of hydrogen-bond acceptors (Lipinski definition) is 5. The third kappa shape index (κ3) is 4.18. The van der Waals surface area contributed by atoms with Crippen LogP contribution >= 0.6 is 0 Å². The van der Waals surface area contributed by atoms with Gasteiger partial charge in [0.1, 0.15) is 17.3 Å². The molecule has 0 radical (unpaired) electrons. The predicted octanol–water partition coefficient (Wildman–Crippen LogP) is 1.03. The van der Waals surface area contributed by atoms with Crippen molar-refractivity contribution in [3.63, 3.8) is 0 Å². The predicted molar refractivity (Wildman–Crippen MR) is 85.9 cm³/mol. The first kappa shape index (κ1) is 17.2. The second-order valence-electron chi connectivity index (χ2n) is 6.49. The van der Waals surface area contributed by atoms with E-state index < -0.39 is 17.6 Å². The van der Waals surface area contributed by atoms with Crippen LogP contribution in [0.25, 0.3) is 6.08 Å². The van der Waals surface area contributed by atoms with E-state index in [1.807, 2.05) is 0 Å². The lowest BCUT2D eigenvalue weighted by Crippen LogP contribution is -2.61. The molecule has 1 aliphatic heterocycles. The molecule has 0 saturated carbocycles.